The zero-order valence-corrected chi connectivity index (χ0v) is 18.0. The molecular formula is C26H29FO4. The molecule has 31 heavy (non-hydrogen) atoms. The molecule has 164 valence electrons. The number of aliphatic carboxylic acids is 1. The van der Waals surface area contributed by atoms with Crippen LogP contribution in [0.1, 0.15) is 54.2 Å². The molecule has 2 aromatic rings. The van der Waals surface area contributed by atoms with Crippen molar-refractivity contribution < 1.29 is 24.1 Å². The maximum Gasteiger partial charge on any atom is 0.315 e. The molecule has 0 aliphatic heterocycles. The molecule has 0 amide bonds. The zero-order chi connectivity index (χ0) is 22.1. The van der Waals surface area contributed by atoms with Crippen molar-refractivity contribution in [2.75, 3.05) is 13.7 Å². The van der Waals surface area contributed by atoms with Crippen LogP contribution in [0.2, 0.25) is 0 Å². The van der Waals surface area contributed by atoms with Crippen molar-refractivity contribution >= 4 is 5.97 Å². The van der Waals surface area contributed by atoms with Crippen LogP contribution in [0.25, 0.3) is 0 Å². The lowest BCUT2D eigenvalue weighted by Crippen LogP contribution is -2.18. The second kappa shape index (κ2) is 8.83. The molecule has 3 unspecified atom stereocenters. The molecule has 0 spiro atoms. The molecule has 0 aromatic heterocycles. The highest BCUT2D eigenvalue weighted by molar-refractivity contribution is 5.81. The Kier molecular flexibility index (Phi) is 6.15. The third-order valence-corrected chi connectivity index (χ3v) is 6.84. The van der Waals surface area contributed by atoms with Crippen LogP contribution < -0.4 is 4.74 Å². The van der Waals surface area contributed by atoms with Crippen molar-refractivity contribution in [3.63, 3.8) is 0 Å². The molecule has 2 fully saturated rings. The van der Waals surface area contributed by atoms with Gasteiger partial charge in [-0.05, 0) is 96.9 Å². The molecule has 0 radical (unpaired) electrons. The van der Waals surface area contributed by atoms with Gasteiger partial charge in [-0.3, -0.25) is 4.79 Å². The van der Waals surface area contributed by atoms with Crippen molar-refractivity contribution in [3.8, 4) is 5.75 Å². The minimum atomic E-state index is -0.861. The fraction of sp³-hybridized carbons (Fsp3) is 0.423. The Bertz CT molecular complexity index is 1010. The van der Waals surface area contributed by atoms with Gasteiger partial charge in [0.1, 0.15) is 17.5 Å². The quantitative estimate of drug-likeness (QED) is 0.599. The number of methoxy groups -OCH3 is 1. The number of ether oxygens (including phenoxy) is 1. The van der Waals surface area contributed by atoms with Crippen LogP contribution in [-0.4, -0.2) is 29.9 Å². The van der Waals surface area contributed by atoms with Gasteiger partial charge < -0.3 is 14.9 Å². The highest BCUT2D eigenvalue weighted by atomic mass is 19.1. The van der Waals surface area contributed by atoms with E-state index in [1.807, 2.05) is 31.2 Å². The van der Waals surface area contributed by atoms with Crippen molar-refractivity contribution in [2.45, 2.75) is 44.4 Å². The van der Waals surface area contributed by atoms with Crippen LogP contribution in [-0.2, 0) is 4.79 Å². The highest BCUT2D eigenvalue weighted by Gasteiger charge is 2.42. The fourth-order valence-electron chi connectivity index (χ4n) is 5.14. The van der Waals surface area contributed by atoms with Gasteiger partial charge in [0.05, 0.1) is 7.11 Å². The molecule has 4 nitrogen and oxygen atoms in total. The van der Waals surface area contributed by atoms with E-state index in [9.17, 15) is 19.4 Å². The summed E-state index contributed by atoms with van der Waals surface area (Å²) in [5, 5.41) is 20.3. The fourth-order valence-corrected chi connectivity index (χ4v) is 5.14. The van der Waals surface area contributed by atoms with Crippen LogP contribution >= 0.6 is 0 Å². The molecule has 5 heteroatoms. The van der Waals surface area contributed by atoms with Gasteiger partial charge in [-0.25, -0.2) is 4.39 Å². The number of benzene rings is 2. The third-order valence-electron chi connectivity index (χ3n) is 6.84. The second-order valence-corrected chi connectivity index (χ2v) is 8.84. The topological polar surface area (TPSA) is 66.8 Å². The van der Waals surface area contributed by atoms with E-state index in [1.165, 1.54) is 12.1 Å². The number of carbonyl (C=O) groups is 1. The largest absolute Gasteiger partial charge is 0.497 e. The predicted molar refractivity (Wildman–Crippen MR) is 117 cm³/mol. The van der Waals surface area contributed by atoms with Gasteiger partial charge in [0.2, 0.25) is 0 Å². The lowest BCUT2D eigenvalue weighted by Gasteiger charge is -2.22. The monoisotopic (exact) mass is 424 g/mol. The number of halogens is 1. The summed E-state index contributed by atoms with van der Waals surface area (Å²) >= 11 is 0. The average Bonchev–Trinajstić information content (AvgIpc) is 3.50. The molecule has 2 N–H and O–H groups in total. The minimum absolute atomic E-state index is 0.00144. The Morgan fingerprint density at radius 3 is 2.58 bits per heavy atom. The number of aliphatic hydroxyl groups excluding tert-OH is 1. The Labute approximate surface area is 182 Å². The smallest absolute Gasteiger partial charge is 0.315 e. The van der Waals surface area contributed by atoms with E-state index in [4.69, 9.17) is 4.74 Å². The summed E-state index contributed by atoms with van der Waals surface area (Å²) in [4.78, 5) is 12.6. The molecule has 0 saturated heterocycles. The highest BCUT2D eigenvalue weighted by Crippen LogP contribution is 2.52. The van der Waals surface area contributed by atoms with Crippen LogP contribution in [0.3, 0.4) is 0 Å². The van der Waals surface area contributed by atoms with E-state index in [0.717, 1.165) is 40.7 Å². The van der Waals surface area contributed by atoms with E-state index >= 15 is 0 Å². The standard InChI is InChI=1S/C26H29FO4/c1-15-6-9-21(31-2)13-22(15)25(26(29)30)24(16-7-8-16)18-10-19(14-28)23(12-18)17-4-3-5-20(27)11-17/h3-6,9,11,13,16,19,23,25,28H,7-8,10,12,14H2,1-2H3,(H,29,30)/b24-18-. The van der Waals surface area contributed by atoms with E-state index in [-0.39, 0.29) is 30.2 Å². The first kappa shape index (κ1) is 21.6. The summed E-state index contributed by atoms with van der Waals surface area (Å²) in [7, 11) is 1.58. The Morgan fingerprint density at radius 2 is 1.97 bits per heavy atom. The van der Waals surface area contributed by atoms with Crippen LogP contribution in [0.5, 0.6) is 5.75 Å². The zero-order valence-electron chi connectivity index (χ0n) is 18.0. The van der Waals surface area contributed by atoms with E-state index in [0.29, 0.717) is 18.6 Å². The van der Waals surface area contributed by atoms with Crippen molar-refractivity contribution in [1.82, 2.24) is 0 Å². The lowest BCUT2D eigenvalue weighted by molar-refractivity contribution is -0.138. The number of rotatable bonds is 7. The first-order valence-electron chi connectivity index (χ1n) is 10.9. The number of carboxylic acid groups (broad SMARTS) is 1. The molecule has 2 saturated carbocycles. The van der Waals surface area contributed by atoms with Gasteiger partial charge in [-0.1, -0.05) is 23.8 Å². The summed E-state index contributed by atoms with van der Waals surface area (Å²) in [5.74, 6) is -1.03. The molecule has 0 heterocycles. The van der Waals surface area contributed by atoms with Crippen LogP contribution in [0, 0.1) is 24.6 Å². The third kappa shape index (κ3) is 4.38. The first-order chi connectivity index (χ1) is 14.9. The van der Waals surface area contributed by atoms with Crippen molar-refractivity contribution in [1.29, 1.82) is 0 Å². The van der Waals surface area contributed by atoms with Crippen molar-refractivity contribution in [3.05, 3.63) is 76.1 Å². The van der Waals surface area contributed by atoms with Crippen molar-refractivity contribution in [2.24, 2.45) is 11.8 Å². The molecule has 4 rings (SSSR count). The molecule has 2 aromatic carbocycles. The summed E-state index contributed by atoms with van der Waals surface area (Å²) in [6, 6.07) is 12.1. The van der Waals surface area contributed by atoms with E-state index in [2.05, 4.69) is 0 Å². The van der Waals surface area contributed by atoms with Gasteiger partial charge >= 0.3 is 5.97 Å². The number of allylic oxidation sites excluding steroid dienone is 1. The second-order valence-electron chi connectivity index (χ2n) is 8.84. The maximum atomic E-state index is 13.9. The Hall–Kier alpha value is -2.66. The number of hydrogen-bond acceptors (Lipinski definition) is 3. The van der Waals surface area contributed by atoms with Gasteiger partial charge in [0.25, 0.3) is 0 Å². The molecule has 2 aliphatic rings. The molecule has 3 atom stereocenters. The number of aliphatic hydroxyl groups is 1. The van der Waals surface area contributed by atoms with E-state index in [1.54, 1.807) is 13.2 Å². The minimum Gasteiger partial charge on any atom is -0.497 e. The summed E-state index contributed by atoms with van der Waals surface area (Å²) in [5.41, 5.74) is 4.65. The number of hydrogen-bond donors (Lipinski definition) is 2. The van der Waals surface area contributed by atoms with Gasteiger partial charge in [-0.2, -0.15) is 0 Å². The molecule has 2 aliphatic carbocycles. The van der Waals surface area contributed by atoms with Gasteiger partial charge in [0, 0.05) is 6.61 Å². The summed E-state index contributed by atoms with van der Waals surface area (Å²) in [6.07, 6.45) is 3.28. The van der Waals surface area contributed by atoms with Gasteiger partial charge in [0.15, 0.2) is 0 Å². The Balaban J connectivity index is 1.79. The van der Waals surface area contributed by atoms with E-state index < -0.39 is 11.9 Å². The van der Waals surface area contributed by atoms with Gasteiger partial charge in [-0.15, -0.1) is 0 Å². The number of aryl methyl sites for hydroxylation is 1. The molecule has 0 bridgehead atoms. The normalized spacial score (nSPS) is 23.5. The lowest BCUT2D eigenvalue weighted by atomic mass is 9.82. The van der Waals surface area contributed by atoms with Crippen LogP contribution in [0.4, 0.5) is 4.39 Å². The maximum absolute atomic E-state index is 13.9. The van der Waals surface area contributed by atoms with Crippen LogP contribution in [0.15, 0.2) is 53.6 Å². The number of carboxylic acids is 1. The first-order valence-corrected chi connectivity index (χ1v) is 10.9. The summed E-state index contributed by atoms with van der Waals surface area (Å²) < 4.78 is 19.2. The predicted octanol–water partition coefficient (Wildman–Crippen LogP) is 5.20. The average molecular weight is 425 g/mol. The summed E-state index contributed by atoms with van der Waals surface area (Å²) in [6.45, 7) is 1.93. The Morgan fingerprint density at radius 1 is 1.19 bits per heavy atom. The SMILES string of the molecule is COc1ccc(C)c(C(C(=O)O)/C(=C2/CC(CO)C(c3cccc(F)c3)C2)C2CC2)c1. The molecular weight excluding hydrogens is 395 g/mol.